The molecule has 23 heavy (non-hydrogen) atoms. The molecule has 2 aromatic rings. The van der Waals surface area contributed by atoms with Gasteiger partial charge in [-0.25, -0.2) is 4.98 Å². The lowest BCUT2D eigenvalue weighted by molar-refractivity contribution is 0.416. The van der Waals surface area contributed by atoms with Crippen molar-refractivity contribution in [3.63, 3.8) is 0 Å². The molecule has 0 unspecified atom stereocenters. The van der Waals surface area contributed by atoms with Crippen LogP contribution in [-0.4, -0.2) is 30.7 Å². The second-order valence-electron chi connectivity index (χ2n) is 5.44. The number of methoxy groups -OCH3 is 1. The van der Waals surface area contributed by atoms with Crippen LogP contribution in [0.4, 0.5) is 17.5 Å². The molecule has 0 saturated carbocycles. The molecule has 0 aliphatic heterocycles. The third-order valence-corrected chi connectivity index (χ3v) is 3.98. The van der Waals surface area contributed by atoms with Crippen molar-refractivity contribution in [2.75, 3.05) is 30.9 Å². The minimum absolute atomic E-state index is 0.676. The number of nitrogens with zero attached hydrogens (tertiary/aromatic N) is 3. The molecule has 0 bridgehead atoms. The van der Waals surface area contributed by atoms with Crippen LogP contribution in [0.5, 0.6) is 5.75 Å². The highest BCUT2D eigenvalue weighted by atomic mass is 35.5. The van der Waals surface area contributed by atoms with Gasteiger partial charge in [0.05, 0.1) is 12.8 Å². The molecular formula is C17H23ClN4O. The molecule has 0 aliphatic carbocycles. The first-order valence-electron chi connectivity index (χ1n) is 7.70. The van der Waals surface area contributed by atoms with Gasteiger partial charge in [-0.1, -0.05) is 24.9 Å². The van der Waals surface area contributed by atoms with E-state index in [9.17, 15) is 0 Å². The first-order valence-corrected chi connectivity index (χ1v) is 8.08. The Hall–Kier alpha value is -2.01. The highest BCUT2D eigenvalue weighted by Gasteiger charge is 2.10. The minimum atomic E-state index is 0.676. The quantitative estimate of drug-likeness (QED) is 0.811. The third kappa shape index (κ3) is 4.48. The molecule has 0 fully saturated rings. The number of hydrogen-bond acceptors (Lipinski definition) is 5. The minimum Gasteiger partial charge on any atom is -0.495 e. The maximum Gasteiger partial charge on any atom is 0.227 e. The first-order chi connectivity index (χ1) is 11.0. The average Bonchev–Trinajstić information content (AvgIpc) is 2.56. The van der Waals surface area contributed by atoms with Gasteiger partial charge in [0.15, 0.2) is 0 Å². The van der Waals surface area contributed by atoms with Crippen molar-refractivity contribution >= 4 is 29.1 Å². The zero-order chi connectivity index (χ0) is 16.8. The summed E-state index contributed by atoms with van der Waals surface area (Å²) in [5, 5.41) is 3.96. The Morgan fingerprint density at radius 1 is 1.35 bits per heavy atom. The van der Waals surface area contributed by atoms with Gasteiger partial charge in [0.25, 0.3) is 0 Å². The van der Waals surface area contributed by atoms with Gasteiger partial charge in [0, 0.05) is 30.9 Å². The number of benzene rings is 1. The first kappa shape index (κ1) is 17.3. The Labute approximate surface area is 142 Å². The van der Waals surface area contributed by atoms with E-state index < -0.39 is 0 Å². The summed E-state index contributed by atoms with van der Waals surface area (Å²) < 4.78 is 5.38. The number of aromatic nitrogens is 2. The van der Waals surface area contributed by atoms with Crippen LogP contribution >= 0.6 is 11.6 Å². The number of halogens is 1. The standard InChI is InChI=1S/C17H23ClN4O/c1-5-6-9-22(3)17-19-8-7-16(21-17)20-14-10-12(2)13(18)11-15(14)23-4/h7-8,10-11H,5-6,9H2,1-4H3,(H,19,20,21). The van der Waals surface area contributed by atoms with Crippen molar-refractivity contribution in [1.82, 2.24) is 9.97 Å². The van der Waals surface area contributed by atoms with Crippen LogP contribution in [-0.2, 0) is 0 Å². The van der Waals surface area contributed by atoms with Crippen molar-refractivity contribution in [3.8, 4) is 5.75 Å². The molecule has 0 atom stereocenters. The van der Waals surface area contributed by atoms with Gasteiger partial charge in [0.1, 0.15) is 11.6 Å². The van der Waals surface area contributed by atoms with Gasteiger partial charge < -0.3 is 15.0 Å². The van der Waals surface area contributed by atoms with Crippen LogP contribution in [0.25, 0.3) is 0 Å². The Morgan fingerprint density at radius 2 is 2.13 bits per heavy atom. The summed E-state index contributed by atoms with van der Waals surface area (Å²) in [5.41, 5.74) is 1.81. The fourth-order valence-electron chi connectivity index (χ4n) is 2.17. The molecule has 1 heterocycles. The molecule has 2 rings (SSSR count). The van der Waals surface area contributed by atoms with Gasteiger partial charge >= 0.3 is 0 Å². The Kier molecular flexibility index (Phi) is 6.04. The number of hydrogen-bond donors (Lipinski definition) is 1. The maximum absolute atomic E-state index is 6.14. The molecule has 0 spiro atoms. The molecule has 0 radical (unpaired) electrons. The number of nitrogens with one attached hydrogen (secondary N) is 1. The smallest absolute Gasteiger partial charge is 0.227 e. The van der Waals surface area contributed by atoms with E-state index in [1.807, 2.05) is 26.1 Å². The van der Waals surface area contributed by atoms with Crippen molar-refractivity contribution in [3.05, 3.63) is 35.0 Å². The zero-order valence-corrected chi connectivity index (χ0v) is 14.8. The summed E-state index contributed by atoms with van der Waals surface area (Å²) in [4.78, 5) is 10.9. The highest BCUT2D eigenvalue weighted by Crippen LogP contribution is 2.32. The Bertz CT molecular complexity index is 663. The van der Waals surface area contributed by atoms with Crippen molar-refractivity contribution in [2.24, 2.45) is 0 Å². The van der Waals surface area contributed by atoms with E-state index >= 15 is 0 Å². The molecule has 0 amide bonds. The van der Waals surface area contributed by atoms with Crippen LogP contribution in [0.1, 0.15) is 25.3 Å². The predicted molar refractivity (Wildman–Crippen MR) is 96.2 cm³/mol. The second-order valence-corrected chi connectivity index (χ2v) is 5.85. The topological polar surface area (TPSA) is 50.3 Å². The van der Waals surface area contributed by atoms with E-state index in [1.165, 1.54) is 0 Å². The SMILES string of the molecule is CCCCN(C)c1nccc(Nc2cc(C)c(Cl)cc2OC)n1. The summed E-state index contributed by atoms with van der Waals surface area (Å²) in [6.45, 7) is 5.06. The Morgan fingerprint density at radius 3 is 2.83 bits per heavy atom. The molecule has 6 heteroatoms. The van der Waals surface area contributed by atoms with E-state index in [2.05, 4.69) is 27.1 Å². The van der Waals surface area contributed by atoms with E-state index in [0.29, 0.717) is 16.7 Å². The van der Waals surface area contributed by atoms with Crippen LogP contribution in [0.3, 0.4) is 0 Å². The summed E-state index contributed by atoms with van der Waals surface area (Å²) in [6, 6.07) is 5.58. The van der Waals surface area contributed by atoms with E-state index in [1.54, 1.807) is 19.4 Å². The van der Waals surface area contributed by atoms with Crippen molar-refractivity contribution < 1.29 is 4.74 Å². The fraction of sp³-hybridized carbons (Fsp3) is 0.412. The van der Waals surface area contributed by atoms with Crippen molar-refractivity contribution in [2.45, 2.75) is 26.7 Å². The summed E-state index contributed by atoms with van der Waals surface area (Å²) >= 11 is 6.14. The number of aryl methyl sites for hydroxylation is 1. The molecule has 0 saturated heterocycles. The summed E-state index contributed by atoms with van der Waals surface area (Å²) in [6.07, 6.45) is 4.01. The largest absolute Gasteiger partial charge is 0.495 e. The zero-order valence-electron chi connectivity index (χ0n) is 14.1. The molecule has 124 valence electrons. The molecule has 0 aliphatic rings. The lowest BCUT2D eigenvalue weighted by atomic mass is 10.2. The van der Waals surface area contributed by atoms with Crippen LogP contribution in [0.2, 0.25) is 5.02 Å². The second kappa shape index (κ2) is 8.02. The van der Waals surface area contributed by atoms with Crippen LogP contribution < -0.4 is 15.0 Å². The van der Waals surface area contributed by atoms with Gasteiger partial charge in [-0.15, -0.1) is 0 Å². The average molecular weight is 335 g/mol. The van der Waals surface area contributed by atoms with E-state index in [4.69, 9.17) is 16.3 Å². The fourth-order valence-corrected chi connectivity index (χ4v) is 2.32. The van der Waals surface area contributed by atoms with Gasteiger partial charge in [0.2, 0.25) is 5.95 Å². The van der Waals surface area contributed by atoms with Crippen LogP contribution in [0, 0.1) is 6.92 Å². The highest BCUT2D eigenvalue weighted by molar-refractivity contribution is 6.31. The number of rotatable bonds is 7. The molecular weight excluding hydrogens is 312 g/mol. The van der Waals surface area contributed by atoms with Gasteiger partial charge in [-0.3, -0.25) is 0 Å². The lowest BCUT2D eigenvalue weighted by Crippen LogP contribution is -2.21. The van der Waals surface area contributed by atoms with Crippen molar-refractivity contribution in [1.29, 1.82) is 0 Å². The molecule has 1 aromatic heterocycles. The molecule has 1 aromatic carbocycles. The predicted octanol–water partition coefficient (Wildman–Crippen LogP) is 4.43. The maximum atomic E-state index is 6.14. The lowest BCUT2D eigenvalue weighted by Gasteiger charge is -2.18. The van der Waals surface area contributed by atoms with Crippen LogP contribution in [0.15, 0.2) is 24.4 Å². The summed E-state index contributed by atoms with van der Waals surface area (Å²) in [7, 11) is 3.62. The normalized spacial score (nSPS) is 10.5. The number of unbranched alkanes of at least 4 members (excludes halogenated alkanes) is 1. The van der Waals surface area contributed by atoms with E-state index in [0.717, 1.165) is 36.5 Å². The monoisotopic (exact) mass is 334 g/mol. The van der Waals surface area contributed by atoms with Gasteiger partial charge in [-0.2, -0.15) is 4.98 Å². The summed E-state index contributed by atoms with van der Waals surface area (Å²) in [5.74, 6) is 2.10. The molecule has 1 N–H and O–H groups in total. The number of ether oxygens (including phenoxy) is 1. The van der Waals surface area contributed by atoms with E-state index in [-0.39, 0.29) is 0 Å². The van der Waals surface area contributed by atoms with Gasteiger partial charge in [-0.05, 0) is 31.0 Å². The number of anilines is 3. The third-order valence-electron chi connectivity index (χ3n) is 3.57. The molecule has 5 nitrogen and oxygen atoms in total. The Balaban J connectivity index is 2.22.